The van der Waals surface area contributed by atoms with Gasteiger partial charge in [-0.25, -0.2) is 0 Å². The Morgan fingerprint density at radius 2 is 1.70 bits per heavy atom. The molecule has 0 radical (unpaired) electrons. The van der Waals surface area contributed by atoms with Crippen molar-refractivity contribution >= 4 is 5.96 Å². The predicted octanol–water partition coefficient (Wildman–Crippen LogP) is 2.51. The van der Waals surface area contributed by atoms with E-state index in [1.165, 1.54) is 38.5 Å². The smallest absolute Gasteiger partial charge is 0.191 e. The molecule has 1 fully saturated rings. The van der Waals surface area contributed by atoms with Crippen molar-refractivity contribution in [3.8, 4) is 0 Å². The predicted molar refractivity (Wildman–Crippen MR) is 88.3 cm³/mol. The first kappa shape index (κ1) is 17.3. The van der Waals surface area contributed by atoms with Gasteiger partial charge in [0.2, 0.25) is 0 Å². The van der Waals surface area contributed by atoms with E-state index >= 15 is 0 Å². The molecule has 4 nitrogen and oxygen atoms in total. The maximum atomic E-state index is 4.26. The van der Waals surface area contributed by atoms with Crippen LogP contribution in [0, 0.1) is 5.92 Å². The lowest BCUT2D eigenvalue weighted by molar-refractivity contribution is 0.428. The van der Waals surface area contributed by atoms with Crippen LogP contribution in [-0.4, -0.2) is 38.2 Å². The van der Waals surface area contributed by atoms with Gasteiger partial charge < -0.3 is 16.0 Å². The summed E-state index contributed by atoms with van der Waals surface area (Å²) in [7, 11) is 1.84. The van der Waals surface area contributed by atoms with Crippen LogP contribution < -0.4 is 16.0 Å². The minimum atomic E-state index is 0.180. The van der Waals surface area contributed by atoms with Gasteiger partial charge in [-0.15, -0.1) is 0 Å². The molecule has 20 heavy (non-hydrogen) atoms. The third-order valence-corrected chi connectivity index (χ3v) is 3.85. The third kappa shape index (κ3) is 8.41. The van der Waals surface area contributed by atoms with Crippen molar-refractivity contribution in [1.29, 1.82) is 0 Å². The Balaban J connectivity index is 2.01. The maximum Gasteiger partial charge on any atom is 0.191 e. The summed E-state index contributed by atoms with van der Waals surface area (Å²) in [5.74, 6) is 1.91. The highest BCUT2D eigenvalue weighted by molar-refractivity contribution is 5.79. The summed E-state index contributed by atoms with van der Waals surface area (Å²) in [6.07, 6.45) is 8.42. The van der Waals surface area contributed by atoms with E-state index in [1.54, 1.807) is 0 Å². The van der Waals surface area contributed by atoms with E-state index in [-0.39, 0.29) is 5.54 Å². The molecule has 0 aliphatic heterocycles. The van der Waals surface area contributed by atoms with Crippen LogP contribution in [0.1, 0.15) is 59.3 Å². The van der Waals surface area contributed by atoms with Crippen molar-refractivity contribution in [1.82, 2.24) is 16.0 Å². The van der Waals surface area contributed by atoms with Crippen LogP contribution in [0.5, 0.6) is 0 Å². The number of guanidine groups is 1. The van der Waals surface area contributed by atoms with E-state index in [4.69, 9.17) is 0 Å². The fourth-order valence-corrected chi connectivity index (χ4v) is 2.74. The molecule has 1 saturated carbocycles. The Bertz CT molecular complexity index is 275. The quantitative estimate of drug-likeness (QED) is 0.382. The lowest BCUT2D eigenvalue weighted by Crippen LogP contribution is -2.44. The van der Waals surface area contributed by atoms with Crippen molar-refractivity contribution < 1.29 is 0 Å². The molecule has 0 saturated heterocycles. The molecular formula is C16H34N4. The molecule has 0 aromatic carbocycles. The summed E-state index contributed by atoms with van der Waals surface area (Å²) in [5.41, 5.74) is 0.180. The lowest BCUT2D eigenvalue weighted by atomic mass is 10.0. The molecule has 0 heterocycles. The molecule has 3 N–H and O–H groups in total. The Kier molecular flexibility index (Phi) is 7.97. The monoisotopic (exact) mass is 282 g/mol. The Morgan fingerprint density at radius 1 is 1.05 bits per heavy atom. The van der Waals surface area contributed by atoms with E-state index in [9.17, 15) is 0 Å². The SMILES string of the molecule is CN=C(NCCCC1CCCC1)NCCNC(C)(C)C. The number of hydrogen-bond acceptors (Lipinski definition) is 2. The van der Waals surface area contributed by atoms with Crippen molar-refractivity contribution in [3.05, 3.63) is 0 Å². The van der Waals surface area contributed by atoms with Gasteiger partial charge >= 0.3 is 0 Å². The average Bonchev–Trinajstić information content (AvgIpc) is 2.88. The molecular weight excluding hydrogens is 248 g/mol. The third-order valence-electron chi connectivity index (χ3n) is 3.85. The molecule has 118 valence electrons. The normalized spacial score (nSPS) is 17.5. The first-order valence-electron chi connectivity index (χ1n) is 8.21. The number of nitrogens with one attached hydrogen (secondary N) is 3. The van der Waals surface area contributed by atoms with Crippen molar-refractivity contribution in [3.63, 3.8) is 0 Å². The molecule has 0 amide bonds. The molecule has 0 aromatic heterocycles. The number of hydrogen-bond donors (Lipinski definition) is 3. The largest absolute Gasteiger partial charge is 0.356 e. The minimum Gasteiger partial charge on any atom is -0.356 e. The van der Waals surface area contributed by atoms with Gasteiger partial charge in [0.25, 0.3) is 0 Å². The molecule has 0 aromatic rings. The minimum absolute atomic E-state index is 0.180. The maximum absolute atomic E-state index is 4.26. The Labute approximate surface area is 125 Å². The van der Waals surface area contributed by atoms with Crippen molar-refractivity contribution in [2.45, 2.75) is 64.8 Å². The summed E-state index contributed by atoms with van der Waals surface area (Å²) in [5, 5.41) is 10.2. The summed E-state index contributed by atoms with van der Waals surface area (Å²) < 4.78 is 0. The van der Waals surface area contributed by atoms with Crippen LogP contribution in [0.4, 0.5) is 0 Å². The standard InChI is InChI=1S/C16H34N4/c1-16(2,3)20-13-12-19-15(17-4)18-11-7-10-14-8-5-6-9-14/h14,20H,5-13H2,1-4H3,(H2,17,18,19). The molecule has 0 bridgehead atoms. The zero-order valence-electron chi connectivity index (χ0n) is 13.9. The van der Waals surface area contributed by atoms with Gasteiger partial charge in [0.1, 0.15) is 0 Å². The molecule has 4 heteroatoms. The summed E-state index contributed by atoms with van der Waals surface area (Å²) in [6.45, 7) is 9.43. The van der Waals surface area contributed by atoms with E-state index in [2.05, 4.69) is 41.7 Å². The molecule has 1 rings (SSSR count). The topological polar surface area (TPSA) is 48.5 Å². The van der Waals surface area contributed by atoms with Crippen LogP contribution in [0.15, 0.2) is 4.99 Å². The van der Waals surface area contributed by atoms with E-state index in [0.29, 0.717) is 0 Å². The van der Waals surface area contributed by atoms with Crippen LogP contribution in [0.25, 0.3) is 0 Å². The molecule has 0 atom stereocenters. The van der Waals surface area contributed by atoms with E-state index in [0.717, 1.165) is 31.5 Å². The first-order valence-corrected chi connectivity index (χ1v) is 8.21. The zero-order valence-corrected chi connectivity index (χ0v) is 13.9. The molecule has 1 aliphatic rings. The van der Waals surface area contributed by atoms with Crippen molar-refractivity contribution in [2.24, 2.45) is 10.9 Å². The van der Waals surface area contributed by atoms with Gasteiger partial charge in [0.15, 0.2) is 5.96 Å². The molecule has 0 spiro atoms. The highest BCUT2D eigenvalue weighted by atomic mass is 15.2. The summed E-state index contributed by atoms with van der Waals surface area (Å²) >= 11 is 0. The highest BCUT2D eigenvalue weighted by Crippen LogP contribution is 2.28. The van der Waals surface area contributed by atoms with E-state index in [1.807, 2.05) is 7.05 Å². The van der Waals surface area contributed by atoms with Gasteiger partial charge in [-0.05, 0) is 39.5 Å². The zero-order chi connectivity index (χ0) is 14.8. The summed E-state index contributed by atoms with van der Waals surface area (Å²) in [4.78, 5) is 4.26. The van der Waals surface area contributed by atoms with Crippen LogP contribution in [0.2, 0.25) is 0 Å². The number of aliphatic imine (C=N–C) groups is 1. The second-order valence-electron chi connectivity index (χ2n) is 6.90. The van der Waals surface area contributed by atoms with Gasteiger partial charge in [0.05, 0.1) is 0 Å². The lowest BCUT2D eigenvalue weighted by Gasteiger charge is -2.21. The molecule has 1 aliphatic carbocycles. The van der Waals surface area contributed by atoms with Gasteiger partial charge in [-0.3, -0.25) is 4.99 Å². The van der Waals surface area contributed by atoms with Crippen LogP contribution in [-0.2, 0) is 0 Å². The van der Waals surface area contributed by atoms with Crippen LogP contribution in [0.3, 0.4) is 0 Å². The molecule has 0 unspecified atom stereocenters. The Morgan fingerprint density at radius 3 is 2.30 bits per heavy atom. The first-order chi connectivity index (χ1) is 9.51. The van der Waals surface area contributed by atoms with E-state index < -0.39 is 0 Å². The van der Waals surface area contributed by atoms with Gasteiger partial charge in [0, 0.05) is 32.2 Å². The second-order valence-corrected chi connectivity index (χ2v) is 6.90. The van der Waals surface area contributed by atoms with Gasteiger partial charge in [-0.2, -0.15) is 0 Å². The van der Waals surface area contributed by atoms with Crippen molar-refractivity contribution in [2.75, 3.05) is 26.7 Å². The second kappa shape index (κ2) is 9.22. The van der Waals surface area contributed by atoms with Crippen LogP contribution >= 0.6 is 0 Å². The Hall–Kier alpha value is -0.770. The average molecular weight is 282 g/mol. The summed E-state index contributed by atoms with van der Waals surface area (Å²) in [6, 6.07) is 0. The number of nitrogens with zero attached hydrogens (tertiary/aromatic N) is 1. The van der Waals surface area contributed by atoms with Gasteiger partial charge in [-0.1, -0.05) is 25.7 Å². The number of rotatable bonds is 7. The fourth-order valence-electron chi connectivity index (χ4n) is 2.74. The highest BCUT2D eigenvalue weighted by Gasteiger charge is 2.14. The fraction of sp³-hybridized carbons (Fsp3) is 0.938.